The molecule has 0 aliphatic heterocycles. The Balaban J connectivity index is 1.81. The highest BCUT2D eigenvalue weighted by molar-refractivity contribution is 5.85. The number of hydrazone groups is 1. The van der Waals surface area contributed by atoms with Crippen LogP contribution in [0.15, 0.2) is 102 Å². The summed E-state index contributed by atoms with van der Waals surface area (Å²) in [4.78, 5) is 0. The Morgan fingerprint density at radius 1 is 0.800 bits per heavy atom. The standard InChI is InChI=1S/C23H22N2/c1-20(17-21-11-5-2-6-12-21)18-24-25(23-15-9-4-10-16-23)19-22-13-7-3-8-14-22/h2-18H,19H2,1H3/b20-17-,24-18-. The van der Waals surface area contributed by atoms with Gasteiger partial charge < -0.3 is 0 Å². The van der Waals surface area contributed by atoms with Gasteiger partial charge in [0.1, 0.15) is 0 Å². The molecular formula is C23H22N2. The van der Waals surface area contributed by atoms with Gasteiger partial charge >= 0.3 is 0 Å². The summed E-state index contributed by atoms with van der Waals surface area (Å²) in [6.45, 7) is 2.81. The zero-order chi connectivity index (χ0) is 17.3. The Hall–Kier alpha value is -3.13. The van der Waals surface area contributed by atoms with E-state index in [9.17, 15) is 0 Å². The van der Waals surface area contributed by atoms with Gasteiger partial charge in [0.05, 0.1) is 18.4 Å². The molecule has 25 heavy (non-hydrogen) atoms. The molecule has 0 saturated carbocycles. The Kier molecular flexibility index (Phi) is 5.78. The van der Waals surface area contributed by atoms with Gasteiger partial charge in [-0.2, -0.15) is 5.10 Å². The molecule has 3 aromatic rings. The summed E-state index contributed by atoms with van der Waals surface area (Å²) < 4.78 is 0. The topological polar surface area (TPSA) is 15.6 Å². The first-order chi connectivity index (χ1) is 12.3. The zero-order valence-corrected chi connectivity index (χ0v) is 14.4. The second-order valence-electron chi connectivity index (χ2n) is 5.92. The normalized spacial score (nSPS) is 11.6. The fourth-order valence-electron chi connectivity index (χ4n) is 2.57. The maximum atomic E-state index is 4.73. The summed E-state index contributed by atoms with van der Waals surface area (Å²) in [6, 6.07) is 31.0. The van der Waals surface area contributed by atoms with Crippen LogP contribution in [0, 0.1) is 0 Å². The van der Waals surface area contributed by atoms with E-state index in [1.165, 1.54) is 11.1 Å². The number of allylic oxidation sites excluding steroid dienone is 1. The summed E-state index contributed by atoms with van der Waals surface area (Å²) in [5.41, 5.74) is 4.60. The molecule has 0 saturated heterocycles. The maximum absolute atomic E-state index is 4.73. The molecule has 2 nitrogen and oxygen atoms in total. The molecule has 0 aliphatic rings. The van der Waals surface area contributed by atoms with Crippen LogP contribution in [0.5, 0.6) is 0 Å². The number of rotatable bonds is 6. The van der Waals surface area contributed by atoms with Crippen molar-refractivity contribution in [1.82, 2.24) is 0 Å². The highest BCUT2D eigenvalue weighted by Crippen LogP contribution is 2.17. The minimum Gasteiger partial charge on any atom is -0.261 e. The van der Waals surface area contributed by atoms with Gasteiger partial charge in [0.25, 0.3) is 0 Å². The van der Waals surface area contributed by atoms with E-state index in [1.807, 2.05) is 53.7 Å². The highest BCUT2D eigenvalue weighted by atomic mass is 15.4. The molecule has 0 N–H and O–H groups in total. The molecule has 0 aliphatic carbocycles. The SMILES string of the molecule is CC(/C=N\N(Cc1ccccc1)c1ccccc1)=C/c1ccccc1. The van der Waals surface area contributed by atoms with E-state index < -0.39 is 0 Å². The average Bonchev–Trinajstić information content (AvgIpc) is 2.67. The van der Waals surface area contributed by atoms with E-state index in [1.54, 1.807) is 0 Å². The van der Waals surface area contributed by atoms with E-state index in [0.29, 0.717) is 0 Å². The largest absolute Gasteiger partial charge is 0.261 e. The van der Waals surface area contributed by atoms with Crippen molar-refractivity contribution < 1.29 is 0 Å². The second-order valence-corrected chi connectivity index (χ2v) is 5.92. The molecule has 0 heterocycles. The summed E-state index contributed by atoms with van der Waals surface area (Å²) in [6.07, 6.45) is 4.05. The Morgan fingerprint density at radius 2 is 1.36 bits per heavy atom. The van der Waals surface area contributed by atoms with Gasteiger partial charge in [-0.15, -0.1) is 0 Å². The molecular weight excluding hydrogens is 304 g/mol. The van der Waals surface area contributed by atoms with E-state index in [2.05, 4.69) is 61.5 Å². The monoisotopic (exact) mass is 326 g/mol. The van der Waals surface area contributed by atoms with Crippen molar-refractivity contribution in [2.45, 2.75) is 13.5 Å². The van der Waals surface area contributed by atoms with Crippen LogP contribution in [-0.2, 0) is 6.54 Å². The summed E-state index contributed by atoms with van der Waals surface area (Å²) in [5.74, 6) is 0. The molecule has 0 fully saturated rings. The first-order valence-corrected chi connectivity index (χ1v) is 8.45. The number of hydrogen-bond donors (Lipinski definition) is 0. The molecule has 0 radical (unpaired) electrons. The number of nitrogens with zero attached hydrogens (tertiary/aromatic N) is 2. The molecule has 0 bridgehead atoms. The average molecular weight is 326 g/mol. The quantitative estimate of drug-likeness (QED) is 0.414. The third-order valence-corrected chi connectivity index (χ3v) is 3.82. The second kappa shape index (κ2) is 8.65. The molecule has 2 heteroatoms. The maximum Gasteiger partial charge on any atom is 0.0666 e. The molecule has 124 valence electrons. The molecule has 0 unspecified atom stereocenters. The number of para-hydroxylation sites is 1. The van der Waals surface area contributed by atoms with E-state index >= 15 is 0 Å². The minimum atomic E-state index is 0.736. The van der Waals surface area contributed by atoms with E-state index in [0.717, 1.165) is 17.8 Å². The predicted molar refractivity (Wildman–Crippen MR) is 108 cm³/mol. The molecule has 0 atom stereocenters. The lowest BCUT2D eigenvalue weighted by Gasteiger charge is -2.19. The van der Waals surface area contributed by atoms with Crippen LogP contribution >= 0.6 is 0 Å². The van der Waals surface area contributed by atoms with E-state index in [-0.39, 0.29) is 0 Å². The molecule has 3 aromatic carbocycles. The van der Waals surface area contributed by atoms with Crippen molar-refractivity contribution in [3.8, 4) is 0 Å². The molecule has 0 amide bonds. The van der Waals surface area contributed by atoms with Crippen LogP contribution < -0.4 is 5.01 Å². The fourth-order valence-corrected chi connectivity index (χ4v) is 2.57. The lowest BCUT2D eigenvalue weighted by atomic mass is 10.1. The Bertz CT molecular complexity index is 822. The van der Waals surface area contributed by atoms with Gasteiger partial charge in [-0.1, -0.05) is 84.9 Å². The summed E-state index contributed by atoms with van der Waals surface area (Å²) >= 11 is 0. The van der Waals surface area contributed by atoms with Gasteiger partial charge in [-0.25, -0.2) is 0 Å². The number of anilines is 1. The van der Waals surface area contributed by atoms with E-state index in [4.69, 9.17) is 5.10 Å². The summed E-state index contributed by atoms with van der Waals surface area (Å²) in [7, 11) is 0. The van der Waals surface area contributed by atoms with Crippen molar-refractivity contribution in [2.24, 2.45) is 5.10 Å². The third kappa shape index (κ3) is 5.18. The van der Waals surface area contributed by atoms with Gasteiger partial charge in [-0.05, 0) is 35.8 Å². The lowest BCUT2D eigenvalue weighted by Crippen LogP contribution is -2.15. The van der Waals surface area contributed by atoms with Crippen LogP contribution in [0.25, 0.3) is 6.08 Å². The molecule has 0 spiro atoms. The zero-order valence-electron chi connectivity index (χ0n) is 14.4. The predicted octanol–water partition coefficient (Wildman–Crippen LogP) is 5.78. The first-order valence-electron chi connectivity index (χ1n) is 8.45. The fraction of sp³-hybridized carbons (Fsp3) is 0.0870. The van der Waals surface area contributed by atoms with Gasteiger partial charge in [0.15, 0.2) is 0 Å². The Morgan fingerprint density at radius 3 is 2.00 bits per heavy atom. The van der Waals surface area contributed by atoms with Crippen LogP contribution in [0.4, 0.5) is 5.69 Å². The molecule has 3 rings (SSSR count). The van der Waals surface area contributed by atoms with Gasteiger partial charge in [0, 0.05) is 0 Å². The minimum absolute atomic E-state index is 0.736. The molecule has 0 aromatic heterocycles. The van der Waals surface area contributed by atoms with Crippen LogP contribution in [0.2, 0.25) is 0 Å². The van der Waals surface area contributed by atoms with Gasteiger partial charge in [-0.3, -0.25) is 5.01 Å². The van der Waals surface area contributed by atoms with Crippen LogP contribution in [0.1, 0.15) is 18.1 Å². The first kappa shape index (κ1) is 16.7. The number of hydrogen-bond acceptors (Lipinski definition) is 2. The van der Waals surface area contributed by atoms with Crippen molar-refractivity contribution in [2.75, 3.05) is 5.01 Å². The third-order valence-electron chi connectivity index (χ3n) is 3.82. The van der Waals surface area contributed by atoms with Crippen LogP contribution in [-0.4, -0.2) is 6.21 Å². The van der Waals surface area contributed by atoms with Crippen molar-refractivity contribution in [3.63, 3.8) is 0 Å². The lowest BCUT2D eigenvalue weighted by molar-refractivity contribution is 0.858. The van der Waals surface area contributed by atoms with Gasteiger partial charge in [0.2, 0.25) is 0 Å². The van der Waals surface area contributed by atoms with Crippen LogP contribution in [0.3, 0.4) is 0 Å². The Labute approximate surface area is 149 Å². The summed E-state index contributed by atoms with van der Waals surface area (Å²) in [5, 5.41) is 6.75. The van der Waals surface area contributed by atoms with Crippen molar-refractivity contribution in [3.05, 3.63) is 108 Å². The number of benzene rings is 3. The van der Waals surface area contributed by atoms with Crippen molar-refractivity contribution in [1.29, 1.82) is 0 Å². The highest BCUT2D eigenvalue weighted by Gasteiger charge is 2.05. The smallest absolute Gasteiger partial charge is 0.0666 e. The van der Waals surface area contributed by atoms with Crippen molar-refractivity contribution >= 4 is 18.0 Å².